The smallest absolute Gasteiger partial charge is 0.237 e. The Kier molecular flexibility index (Phi) is 5.69. The van der Waals surface area contributed by atoms with Crippen LogP contribution >= 0.6 is 11.8 Å². The highest BCUT2D eigenvalue weighted by molar-refractivity contribution is 8.00. The normalized spacial score (nSPS) is 10.3. The molecule has 0 spiro atoms. The number of carbonyl (C=O) groups excluding carboxylic acids is 1. The fourth-order valence-electron chi connectivity index (χ4n) is 2.02. The van der Waals surface area contributed by atoms with Crippen LogP contribution in [0.15, 0.2) is 59.5 Å². The molecule has 0 fully saturated rings. The summed E-state index contributed by atoms with van der Waals surface area (Å²) in [6.45, 7) is 2.79. The number of hydrogen-bond donors (Lipinski definition) is 1. The summed E-state index contributed by atoms with van der Waals surface area (Å²) in [7, 11) is 0. The number of thioether (sulfide) groups is 1. The van der Waals surface area contributed by atoms with E-state index < -0.39 is 0 Å². The molecule has 2 N–H and O–H groups in total. The van der Waals surface area contributed by atoms with Gasteiger partial charge in [-0.2, -0.15) is 0 Å². The van der Waals surface area contributed by atoms with Crippen LogP contribution in [-0.2, 0) is 4.79 Å². The van der Waals surface area contributed by atoms with Gasteiger partial charge in [-0.25, -0.2) is 0 Å². The third-order valence-electron chi connectivity index (χ3n) is 3.06. The van der Waals surface area contributed by atoms with Gasteiger partial charge in [0.25, 0.3) is 0 Å². The molecule has 0 aromatic heterocycles. The van der Waals surface area contributed by atoms with Gasteiger partial charge in [-0.05, 0) is 42.8 Å². The molecule has 21 heavy (non-hydrogen) atoms. The van der Waals surface area contributed by atoms with Crippen molar-refractivity contribution >= 4 is 29.0 Å². The van der Waals surface area contributed by atoms with E-state index in [0.717, 1.165) is 23.5 Å². The van der Waals surface area contributed by atoms with E-state index in [2.05, 4.69) is 6.92 Å². The van der Waals surface area contributed by atoms with Gasteiger partial charge in [-0.3, -0.25) is 4.79 Å². The number of anilines is 2. The Labute approximate surface area is 130 Å². The molecule has 0 aliphatic rings. The largest absolute Gasteiger partial charge is 0.399 e. The average molecular weight is 300 g/mol. The zero-order valence-electron chi connectivity index (χ0n) is 12.2. The van der Waals surface area contributed by atoms with Crippen molar-refractivity contribution in [3.63, 3.8) is 0 Å². The van der Waals surface area contributed by atoms with Crippen molar-refractivity contribution in [3.8, 4) is 0 Å². The second kappa shape index (κ2) is 7.74. The van der Waals surface area contributed by atoms with Gasteiger partial charge in [-0.1, -0.05) is 25.1 Å². The third-order valence-corrected chi connectivity index (χ3v) is 4.06. The maximum absolute atomic E-state index is 12.5. The number of nitrogen functional groups attached to an aromatic ring is 1. The summed E-state index contributed by atoms with van der Waals surface area (Å²) in [5.41, 5.74) is 7.32. The SMILES string of the molecule is CCCN(C(=O)CSc1ccccc1)c1ccc(N)cc1. The van der Waals surface area contributed by atoms with Crippen molar-refractivity contribution in [2.75, 3.05) is 22.9 Å². The highest BCUT2D eigenvalue weighted by Crippen LogP contribution is 2.21. The summed E-state index contributed by atoms with van der Waals surface area (Å²) >= 11 is 1.56. The lowest BCUT2D eigenvalue weighted by molar-refractivity contribution is -0.116. The molecule has 0 atom stereocenters. The first kappa shape index (κ1) is 15.4. The van der Waals surface area contributed by atoms with Gasteiger partial charge in [0.2, 0.25) is 5.91 Å². The van der Waals surface area contributed by atoms with E-state index in [4.69, 9.17) is 5.73 Å². The van der Waals surface area contributed by atoms with E-state index in [1.165, 1.54) is 0 Å². The van der Waals surface area contributed by atoms with Crippen molar-refractivity contribution in [3.05, 3.63) is 54.6 Å². The maximum Gasteiger partial charge on any atom is 0.237 e. The summed E-state index contributed by atoms with van der Waals surface area (Å²) < 4.78 is 0. The van der Waals surface area contributed by atoms with E-state index in [1.807, 2.05) is 59.5 Å². The topological polar surface area (TPSA) is 46.3 Å². The van der Waals surface area contributed by atoms with E-state index in [1.54, 1.807) is 11.8 Å². The molecular formula is C17H20N2OS. The zero-order chi connectivity index (χ0) is 15.1. The highest BCUT2D eigenvalue weighted by atomic mass is 32.2. The molecule has 0 unspecified atom stereocenters. The van der Waals surface area contributed by atoms with Gasteiger partial charge in [0.15, 0.2) is 0 Å². The number of nitrogens with zero attached hydrogens (tertiary/aromatic N) is 1. The number of amides is 1. The second-order valence-electron chi connectivity index (χ2n) is 4.74. The van der Waals surface area contributed by atoms with E-state index >= 15 is 0 Å². The van der Waals surface area contributed by atoms with Crippen LogP contribution < -0.4 is 10.6 Å². The molecule has 2 aromatic carbocycles. The first-order valence-corrected chi connectivity index (χ1v) is 8.03. The molecule has 0 bridgehead atoms. The van der Waals surface area contributed by atoms with Crippen LogP contribution in [0.2, 0.25) is 0 Å². The minimum Gasteiger partial charge on any atom is -0.399 e. The molecule has 4 heteroatoms. The van der Waals surface area contributed by atoms with Crippen molar-refractivity contribution in [1.82, 2.24) is 0 Å². The minimum absolute atomic E-state index is 0.121. The molecule has 110 valence electrons. The van der Waals surface area contributed by atoms with Crippen molar-refractivity contribution < 1.29 is 4.79 Å². The van der Waals surface area contributed by atoms with Crippen LogP contribution in [0.4, 0.5) is 11.4 Å². The lowest BCUT2D eigenvalue weighted by atomic mass is 10.2. The number of nitrogens with two attached hydrogens (primary N) is 1. The van der Waals surface area contributed by atoms with Crippen molar-refractivity contribution in [2.24, 2.45) is 0 Å². The molecule has 2 rings (SSSR count). The van der Waals surface area contributed by atoms with Crippen molar-refractivity contribution in [2.45, 2.75) is 18.2 Å². The van der Waals surface area contributed by atoms with Crippen LogP contribution in [-0.4, -0.2) is 18.2 Å². The van der Waals surface area contributed by atoms with Crippen LogP contribution in [0.25, 0.3) is 0 Å². The quantitative estimate of drug-likeness (QED) is 0.652. The monoisotopic (exact) mass is 300 g/mol. The Morgan fingerprint density at radius 1 is 1.10 bits per heavy atom. The number of rotatable bonds is 6. The fraction of sp³-hybridized carbons (Fsp3) is 0.235. The molecule has 0 saturated heterocycles. The first-order chi connectivity index (χ1) is 10.2. The second-order valence-corrected chi connectivity index (χ2v) is 5.79. The van der Waals surface area contributed by atoms with E-state index in [9.17, 15) is 4.79 Å². The molecular weight excluding hydrogens is 280 g/mol. The molecule has 3 nitrogen and oxygen atoms in total. The standard InChI is InChI=1S/C17H20N2OS/c1-2-12-19(15-10-8-14(18)9-11-15)17(20)13-21-16-6-4-3-5-7-16/h3-11H,2,12-13,18H2,1H3. The molecule has 0 radical (unpaired) electrons. The fourth-order valence-corrected chi connectivity index (χ4v) is 2.81. The van der Waals surface area contributed by atoms with Crippen LogP contribution in [0, 0.1) is 0 Å². The number of benzene rings is 2. The van der Waals surface area contributed by atoms with Crippen LogP contribution in [0.3, 0.4) is 0 Å². The zero-order valence-corrected chi connectivity index (χ0v) is 13.0. The van der Waals surface area contributed by atoms with Crippen molar-refractivity contribution in [1.29, 1.82) is 0 Å². The predicted molar refractivity (Wildman–Crippen MR) is 90.7 cm³/mol. The number of hydrogen-bond acceptors (Lipinski definition) is 3. The average Bonchev–Trinajstić information content (AvgIpc) is 2.52. The Morgan fingerprint density at radius 3 is 2.38 bits per heavy atom. The summed E-state index contributed by atoms with van der Waals surface area (Å²) in [5.74, 6) is 0.560. The highest BCUT2D eigenvalue weighted by Gasteiger charge is 2.14. The number of carbonyl (C=O) groups is 1. The predicted octanol–water partition coefficient (Wildman–Crippen LogP) is 3.80. The molecule has 1 amide bonds. The Hall–Kier alpha value is -1.94. The van der Waals surface area contributed by atoms with Gasteiger partial charge in [0, 0.05) is 22.8 Å². The van der Waals surface area contributed by atoms with E-state index in [0.29, 0.717) is 11.4 Å². The molecule has 0 aliphatic heterocycles. The molecule has 2 aromatic rings. The van der Waals surface area contributed by atoms with Gasteiger partial charge >= 0.3 is 0 Å². The Morgan fingerprint density at radius 2 is 1.76 bits per heavy atom. The maximum atomic E-state index is 12.5. The summed E-state index contributed by atoms with van der Waals surface area (Å²) in [5, 5.41) is 0. The minimum atomic E-state index is 0.121. The lowest BCUT2D eigenvalue weighted by Crippen LogP contribution is -2.33. The van der Waals surface area contributed by atoms with Gasteiger partial charge in [-0.15, -0.1) is 11.8 Å². The van der Waals surface area contributed by atoms with Crippen LogP contribution in [0.5, 0.6) is 0 Å². The molecule has 0 aliphatic carbocycles. The van der Waals surface area contributed by atoms with Gasteiger partial charge in [0.05, 0.1) is 5.75 Å². The molecule has 0 saturated carbocycles. The summed E-state index contributed by atoms with van der Waals surface area (Å²) in [4.78, 5) is 15.4. The molecule has 0 heterocycles. The van der Waals surface area contributed by atoms with E-state index in [-0.39, 0.29) is 5.91 Å². The summed E-state index contributed by atoms with van der Waals surface area (Å²) in [6.07, 6.45) is 0.923. The van der Waals surface area contributed by atoms with Gasteiger partial charge < -0.3 is 10.6 Å². The third kappa shape index (κ3) is 4.53. The lowest BCUT2D eigenvalue weighted by Gasteiger charge is -2.22. The summed E-state index contributed by atoms with van der Waals surface area (Å²) in [6, 6.07) is 17.4. The first-order valence-electron chi connectivity index (χ1n) is 7.04. The van der Waals surface area contributed by atoms with Gasteiger partial charge in [0.1, 0.15) is 0 Å². The Bertz CT molecular complexity index is 569. The van der Waals surface area contributed by atoms with Crippen LogP contribution in [0.1, 0.15) is 13.3 Å². The Balaban J connectivity index is 2.03.